The van der Waals surface area contributed by atoms with Gasteiger partial charge in [-0.1, -0.05) is 30.3 Å². The summed E-state index contributed by atoms with van der Waals surface area (Å²) in [5, 5.41) is 18.1. The molecule has 0 radical (unpaired) electrons. The Labute approximate surface area is 98.0 Å². The second-order valence-corrected chi connectivity index (χ2v) is 3.56. The van der Waals surface area contributed by atoms with Crippen molar-refractivity contribution in [1.29, 1.82) is 5.41 Å². The summed E-state index contributed by atoms with van der Waals surface area (Å²) in [6, 6.07) is 7.54. The number of aliphatic carboxylic acids is 1. The van der Waals surface area contributed by atoms with Gasteiger partial charge in [-0.05, 0) is 5.56 Å². The number of carbonyl (C=O) groups is 1. The first-order chi connectivity index (χ1) is 8.00. The quantitative estimate of drug-likeness (QED) is 0.455. The Bertz CT molecular complexity index is 397. The van der Waals surface area contributed by atoms with Gasteiger partial charge in [0.05, 0.1) is 12.5 Å². The van der Waals surface area contributed by atoms with Crippen molar-refractivity contribution in [3.05, 3.63) is 35.9 Å². The lowest BCUT2D eigenvalue weighted by molar-refractivity contribution is -0.138. The van der Waals surface area contributed by atoms with Gasteiger partial charge in [0.25, 0.3) is 0 Å². The van der Waals surface area contributed by atoms with E-state index in [0.29, 0.717) is 5.56 Å². The molecule has 17 heavy (non-hydrogen) atoms. The van der Waals surface area contributed by atoms with Gasteiger partial charge in [0, 0.05) is 0 Å². The lowest BCUT2D eigenvalue weighted by Gasteiger charge is -2.21. The molecule has 5 nitrogen and oxygen atoms in total. The molecule has 0 heterocycles. The van der Waals surface area contributed by atoms with Crippen LogP contribution in [0.15, 0.2) is 30.3 Å². The minimum Gasteiger partial charge on any atom is -0.481 e. The molecule has 0 saturated heterocycles. The predicted octanol–water partition coefficient (Wildman–Crippen LogP) is 1.02. The number of carboxylic acid groups (broad SMARTS) is 1. The summed E-state index contributed by atoms with van der Waals surface area (Å²) in [5.41, 5.74) is 5.71. The van der Waals surface area contributed by atoms with Crippen LogP contribution in [0.3, 0.4) is 0 Å². The minimum atomic E-state index is -1.65. The molecule has 5 N–H and O–H groups in total. The third kappa shape index (κ3) is 4.10. The SMILES string of the molecule is N=C(N)NC(c1ccccc1)C(F)CC(=O)O. The Kier molecular flexibility index (Phi) is 4.45. The maximum absolute atomic E-state index is 13.8. The predicted molar refractivity (Wildman–Crippen MR) is 61.4 cm³/mol. The van der Waals surface area contributed by atoms with Crippen LogP contribution in [0.2, 0.25) is 0 Å². The highest BCUT2D eigenvalue weighted by Crippen LogP contribution is 2.21. The molecule has 0 fully saturated rings. The summed E-state index contributed by atoms with van der Waals surface area (Å²) in [7, 11) is 0. The van der Waals surface area contributed by atoms with Crippen LogP contribution in [0.25, 0.3) is 0 Å². The van der Waals surface area contributed by atoms with Gasteiger partial charge >= 0.3 is 5.97 Å². The Morgan fingerprint density at radius 1 is 1.47 bits per heavy atom. The molecule has 0 spiro atoms. The fourth-order valence-electron chi connectivity index (χ4n) is 1.50. The molecule has 0 aromatic heterocycles. The van der Waals surface area contributed by atoms with Crippen molar-refractivity contribution in [2.24, 2.45) is 5.73 Å². The van der Waals surface area contributed by atoms with Crippen molar-refractivity contribution in [2.75, 3.05) is 0 Å². The average Bonchev–Trinajstić information content (AvgIpc) is 2.25. The van der Waals surface area contributed by atoms with E-state index in [1.54, 1.807) is 30.3 Å². The number of alkyl halides is 1. The second kappa shape index (κ2) is 5.83. The van der Waals surface area contributed by atoms with Gasteiger partial charge in [0.1, 0.15) is 6.17 Å². The van der Waals surface area contributed by atoms with Crippen LogP contribution in [-0.2, 0) is 4.79 Å². The lowest BCUT2D eigenvalue weighted by atomic mass is 10.0. The maximum Gasteiger partial charge on any atom is 0.306 e. The number of benzene rings is 1. The van der Waals surface area contributed by atoms with E-state index >= 15 is 0 Å². The van der Waals surface area contributed by atoms with Gasteiger partial charge < -0.3 is 16.2 Å². The van der Waals surface area contributed by atoms with E-state index in [-0.39, 0.29) is 0 Å². The van der Waals surface area contributed by atoms with Gasteiger partial charge in [0.15, 0.2) is 5.96 Å². The molecule has 0 amide bonds. The van der Waals surface area contributed by atoms with Crippen LogP contribution in [0.1, 0.15) is 18.0 Å². The summed E-state index contributed by atoms with van der Waals surface area (Å²) in [5.74, 6) is -1.63. The van der Waals surface area contributed by atoms with Gasteiger partial charge in [-0.2, -0.15) is 0 Å². The zero-order valence-electron chi connectivity index (χ0n) is 9.06. The number of rotatable bonds is 5. The molecule has 1 rings (SSSR count). The van der Waals surface area contributed by atoms with Gasteiger partial charge in [-0.15, -0.1) is 0 Å². The van der Waals surface area contributed by atoms with Crippen LogP contribution in [0, 0.1) is 5.41 Å². The third-order valence-corrected chi connectivity index (χ3v) is 2.20. The normalized spacial score (nSPS) is 13.7. The number of nitrogens with two attached hydrogens (primary N) is 1. The lowest BCUT2D eigenvalue weighted by Crippen LogP contribution is -2.39. The summed E-state index contributed by atoms with van der Waals surface area (Å²) in [6.07, 6.45) is -2.29. The largest absolute Gasteiger partial charge is 0.481 e. The Hall–Kier alpha value is -2.11. The Morgan fingerprint density at radius 2 is 2.06 bits per heavy atom. The first-order valence-electron chi connectivity index (χ1n) is 5.02. The summed E-state index contributed by atoms with van der Waals surface area (Å²) in [4.78, 5) is 10.5. The topological polar surface area (TPSA) is 99.2 Å². The molecule has 92 valence electrons. The van der Waals surface area contributed by atoms with E-state index < -0.39 is 30.6 Å². The molecule has 2 unspecified atom stereocenters. The molecule has 0 aliphatic carbocycles. The van der Waals surface area contributed by atoms with Crippen molar-refractivity contribution in [2.45, 2.75) is 18.6 Å². The standard InChI is InChI=1S/C11H14FN3O2/c12-8(6-9(16)17)10(15-11(13)14)7-4-2-1-3-5-7/h1-5,8,10H,6H2,(H,16,17)(H4,13,14,15). The smallest absolute Gasteiger partial charge is 0.306 e. The molecular formula is C11H14FN3O2. The van der Waals surface area contributed by atoms with Crippen LogP contribution in [0.5, 0.6) is 0 Å². The zero-order valence-corrected chi connectivity index (χ0v) is 9.06. The van der Waals surface area contributed by atoms with E-state index in [9.17, 15) is 9.18 Å². The maximum atomic E-state index is 13.8. The molecule has 0 bridgehead atoms. The third-order valence-electron chi connectivity index (χ3n) is 2.20. The summed E-state index contributed by atoms with van der Waals surface area (Å²) >= 11 is 0. The molecule has 1 aromatic carbocycles. The van der Waals surface area contributed by atoms with Crippen LogP contribution < -0.4 is 11.1 Å². The number of guanidine groups is 1. The Balaban J connectivity index is 2.87. The Morgan fingerprint density at radius 3 is 2.53 bits per heavy atom. The van der Waals surface area contributed by atoms with E-state index in [0.717, 1.165) is 0 Å². The minimum absolute atomic E-state index is 0.396. The molecule has 6 heteroatoms. The number of hydrogen-bond donors (Lipinski definition) is 4. The van der Waals surface area contributed by atoms with E-state index in [2.05, 4.69) is 5.32 Å². The number of hydrogen-bond acceptors (Lipinski definition) is 2. The molecule has 0 aliphatic rings. The highest BCUT2D eigenvalue weighted by atomic mass is 19.1. The van der Waals surface area contributed by atoms with Crippen LogP contribution >= 0.6 is 0 Å². The first kappa shape index (κ1) is 13.0. The molecule has 2 atom stereocenters. The van der Waals surface area contributed by atoms with Crippen molar-refractivity contribution < 1.29 is 14.3 Å². The fraction of sp³-hybridized carbons (Fsp3) is 0.273. The summed E-state index contributed by atoms with van der Waals surface area (Å²) < 4.78 is 13.8. The van der Waals surface area contributed by atoms with Gasteiger partial charge in [-0.25, -0.2) is 4.39 Å². The molecular weight excluding hydrogens is 225 g/mol. The number of carboxylic acids is 1. The first-order valence-corrected chi connectivity index (χ1v) is 5.02. The van der Waals surface area contributed by atoms with Crippen molar-refractivity contribution in [1.82, 2.24) is 5.32 Å². The van der Waals surface area contributed by atoms with Crippen molar-refractivity contribution >= 4 is 11.9 Å². The monoisotopic (exact) mass is 239 g/mol. The van der Waals surface area contributed by atoms with Crippen LogP contribution in [-0.4, -0.2) is 23.2 Å². The van der Waals surface area contributed by atoms with E-state index in [1.807, 2.05) is 0 Å². The molecule has 0 aliphatic heterocycles. The summed E-state index contributed by atoms with van der Waals surface area (Å²) in [6.45, 7) is 0. The van der Waals surface area contributed by atoms with Crippen molar-refractivity contribution in [3.8, 4) is 0 Å². The van der Waals surface area contributed by atoms with Gasteiger partial charge in [0.2, 0.25) is 0 Å². The van der Waals surface area contributed by atoms with E-state index in [4.69, 9.17) is 16.2 Å². The second-order valence-electron chi connectivity index (χ2n) is 3.56. The number of halogens is 1. The fourth-order valence-corrected chi connectivity index (χ4v) is 1.50. The van der Waals surface area contributed by atoms with E-state index in [1.165, 1.54) is 0 Å². The highest BCUT2D eigenvalue weighted by Gasteiger charge is 2.25. The van der Waals surface area contributed by atoms with Crippen LogP contribution in [0.4, 0.5) is 4.39 Å². The average molecular weight is 239 g/mol. The van der Waals surface area contributed by atoms with Crippen molar-refractivity contribution in [3.63, 3.8) is 0 Å². The number of nitrogens with one attached hydrogen (secondary N) is 2. The molecule has 1 aromatic rings. The zero-order chi connectivity index (χ0) is 12.8. The highest BCUT2D eigenvalue weighted by molar-refractivity contribution is 5.75. The van der Waals surface area contributed by atoms with Gasteiger partial charge in [-0.3, -0.25) is 10.2 Å². The molecule has 0 saturated carbocycles.